The van der Waals surface area contributed by atoms with Gasteiger partial charge < -0.3 is 19.3 Å². The van der Waals surface area contributed by atoms with Crippen molar-refractivity contribution in [3.05, 3.63) is 28.7 Å². The van der Waals surface area contributed by atoms with Gasteiger partial charge in [0.05, 0.1) is 18.1 Å². The monoisotopic (exact) mass is 409 g/mol. The van der Waals surface area contributed by atoms with Gasteiger partial charge in [0, 0.05) is 5.56 Å². The summed E-state index contributed by atoms with van der Waals surface area (Å²) < 4.78 is 15.5. The van der Waals surface area contributed by atoms with Gasteiger partial charge in [-0.25, -0.2) is 4.79 Å². The summed E-state index contributed by atoms with van der Waals surface area (Å²) in [6, 6.07) is 4.84. The third-order valence-electron chi connectivity index (χ3n) is 3.40. The number of carboxylic acids is 1. The van der Waals surface area contributed by atoms with Gasteiger partial charge in [-0.1, -0.05) is 12.1 Å². The van der Waals surface area contributed by atoms with E-state index in [4.69, 9.17) is 19.3 Å². The molecule has 0 radical (unpaired) electrons. The van der Waals surface area contributed by atoms with Crippen LogP contribution in [0.4, 0.5) is 4.79 Å². The first-order valence-corrected chi connectivity index (χ1v) is 9.20. The molecule has 1 aliphatic rings. The molecule has 1 aromatic carbocycles. The second-order valence-electron chi connectivity index (χ2n) is 5.36. The van der Waals surface area contributed by atoms with E-state index in [0.29, 0.717) is 29.7 Å². The summed E-state index contributed by atoms with van der Waals surface area (Å²) in [7, 11) is 0. The number of rotatable bonds is 9. The van der Waals surface area contributed by atoms with Crippen molar-refractivity contribution < 1.29 is 38.5 Å². The van der Waals surface area contributed by atoms with E-state index in [1.807, 2.05) is 0 Å². The van der Waals surface area contributed by atoms with Crippen molar-refractivity contribution in [3.63, 3.8) is 0 Å². The third-order valence-corrected chi connectivity index (χ3v) is 4.31. The number of carboxylic acid groups (broad SMARTS) is 1. The molecule has 0 aromatic heterocycles. The molecule has 0 unspecified atom stereocenters. The second kappa shape index (κ2) is 9.79. The summed E-state index contributed by atoms with van der Waals surface area (Å²) in [5, 5.41) is 8.28. The molecule has 0 atom stereocenters. The van der Waals surface area contributed by atoms with Crippen LogP contribution in [0, 0.1) is 0 Å². The molecule has 1 aromatic rings. The van der Waals surface area contributed by atoms with Crippen LogP contribution < -0.4 is 9.47 Å². The zero-order valence-corrected chi connectivity index (χ0v) is 16.1. The van der Waals surface area contributed by atoms with Gasteiger partial charge in [0.2, 0.25) is 0 Å². The molecule has 28 heavy (non-hydrogen) atoms. The lowest BCUT2D eigenvalue weighted by Gasteiger charge is -2.13. The maximum absolute atomic E-state index is 12.5. The Morgan fingerprint density at radius 3 is 2.57 bits per heavy atom. The lowest BCUT2D eigenvalue weighted by Crippen LogP contribution is -2.34. The van der Waals surface area contributed by atoms with Crippen LogP contribution in [0.1, 0.15) is 19.4 Å². The molecule has 2 amide bonds. The van der Waals surface area contributed by atoms with Crippen LogP contribution in [-0.2, 0) is 19.1 Å². The molecule has 0 saturated carbocycles. The molecule has 1 heterocycles. The maximum atomic E-state index is 12.5. The average Bonchev–Trinajstić information content (AvgIpc) is 2.89. The van der Waals surface area contributed by atoms with Gasteiger partial charge in [0.15, 0.2) is 18.1 Å². The summed E-state index contributed by atoms with van der Waals surface area (Å²) in [5.74, 6) is -2.05. The minimum Gasteiger partial charge on any atom is -0.490 e. The van der Waals surface area contributed by atoms with E-state index in [0.717, 1.165) is 4.90 Å². The summed E-state index contributed by atoms with van der Waals surface area (Å²) >= 11 is 0.667. The highest BCUT2D eigenvalue weighted by molar-refractivity contribution is 8.18. The molecule has 1 saturated heterocycles. The largest absolute Gasteiger partial charge is 0.490 e. The van der Waals surface area contributed by atoms with Crippen LogP contribution in [0.2, 0.25) is 0 Å². The fraction of sp³-hybridized carbons (Fsp3) is 0.333. The quantitative estimate of drug-likeness (QED) is 0.483. The summed E-state index contributed by atoms with van der Waals surface area (Å²) in [6.45, 7) is 2.76. The lowest BCUT2D eigenvalue weighted by atomic mass is 10.1. The second-order valence-corrected chi connectivity index (χ2v) is 6.36. The summed E-state index contributed by atoms with van der Waals surface area (Å²) in [5.41, 5.74) is 0.369. The fourth-order valence-corrected chi connectivity index (χ4v) is 3.15. The van der Waals surface area contributed by atoms with Gasteiger partial charge in [-0.2, -0.15) is 0 Å². The van der Waals surface area contributed by atoms with Gasteiger partial charge in [0.1, 0.15) is 6.54 Å². The first-order chi connectivity index (χ1) is 13.4. The number of hydrogen-bond acceptors (Lipinski definition) is 8. The molecular weight excluding hydrogens is 390 g/mol. The van der Waals surface area contributed by atoms with Crippen LogP contribution in [0.25, 0.3) is 6.08 Å². The molecule has 10 heteroatoms. The number of imide groups is 1. The van der Waals surface area contributed by atoms with Crippen LogP contribution >= 0.6 is 11.8 Å². The summed E-state index contributed by atoms with van der Waals surface area (Å²) in [6.07, 6.45) is 1.40. The molecule has 9 nitrogen and oxygen atoms in total. The maximum Gasteiger partial charge on any atom is 0.341 e. The molecule has 1 aliphatic heterocycles. The fourth-order valence-electron chi connectivity index (χ4n) is 2.32. The first kappa shape index (κ1) is 21.3. The molecule has 1 N–H and O–H groups in total. The summed E-state index contributed by atoms with van der Waals surface area (Å²) in [4.78, 5) is 47.9. The van der Waals surface area contributed by atoms with Gasteiger partial charge in [-0.3, -0.25) is 19.3 Å². The predicted molar refractivity (Wildman–Crippen MR) is 100 cm³/mol. The number of carbonyl (C=O) groups excluding carboxylic acids is 3. The number of thioether (sulfide) groups is 1. The molecule has 0 spiro atoms. The Bertz CT molecular complexity index is 820. The van der Waals surface area contributed by atoms with Crippen LogP contribution in [0.5, 0.6) is 11.5 Å². The topological polar surface area (TPSA) is 119 Å². The van der Waals surface area contributed by atoms with Crippen molar-refractivity contribution in [2.75, 3.05) is 26.4 Å². The van der Waals surface area contributed by atoms with Crippen molar-refractivity contribution in [3.8, 4) is 11.5 Å². The van der Waals surface area contributed by atoms with E-state index in [9.17, 15) is 19.2 Å². The van der Waals surface area contributed by atoms with Gasteiger partial charge in [-0.15, -0.1) is 0 Å². The molecule has 0 bridgehead atoms. The molecule has 150 valence electrons. The van der Waals surface area contributed by atoms with Gasteiger partial charge in [-0.05, 0) is 37.8 Å². The number of para-hydroxylation sites is 1. The number of carbonyl (C=O) groups is 4. The minimum absolute atomic E-state index is 0.0723. The van der Waals surface area contributed by atoms with Crippen molar-refractivity contribution in [2.45, 2.75) is 13.8 Å². The normalized spacial score (nSPS) is 15.1. The number of amides is 2. The average molecular weight is 409 g/mol. The number of esters is 1. The van der Waals surface area contributed by atoms with Crippen molar-refractivity contribution >= 4 is 40.9 Å². The van der Waals surface area contributed by atoms with Gasteiger partial charge in [0.25, 0.3) is 11.1 Å². The number of hydrogen-bond donors (Lipinski definition) is 1. The Morgan fingerprint density at radius 2 is 1.93 bits per heavy atom. The Morgan fingerprint density at radius 1 is 1.18 bits per heavy atom. The van der Waals surface area contributed by atoms with E-state index < -0.39 is 36.2 Å². The van der Waals surface area contributed by atoms with Gasteiger partial charge >= 0.3 is 11.9 Å². The van der Waals surface area contributed by atoms with E-state index in [-0.39, 0.29) is 17.3 Å². The first-order valence-electron chi connectivity index (χ1n) is 8.38. The SMILES string of the molecule is CCOC(=O)CN1C(=O)S/C(=C/c2cccc(OCC)c2OCC(=O)O)C1=O. The number of ether oxygens (including phenoxy) is 3. The highest BCUT2D eigenvalue weighted by atomic mass is 32.2. The van der Waals surface area contributed by atoms with Crippen molar-refractivity contribution in [2.24, 2.45) is 0 Å². The Balaban J connectivity index is 2.32. The Kier molecular flexibility index (Phi) is 7.44. The van der Waals surface area contributed by atoms with E-state index in [1.54, 1.807) is 32.0 Å². The zero-order chi connectivity index (χ0) is 20.7. The highest BCUT2D eigenvalue weighted by Gasteiger charge is 2.36. The standard InChI is InChI=1S/C18H19NO8S/c1-3-25-12-7-5-6-11(16(12)27-10-14(20)21)8-13-17(23)19(18(24)28-13)9-15(22)26-4-2/h5-8H,3-4,9-10H2,1-2H3,(H,20,21)/b13-8+. The molecule has 0 aliphatic carbocycles. The smallest absolute Gasteiger partial charge is 0.341 e. The van der Waals surface area contributed by atoms with Crippen LogP contribution in [0.3, 0.4) is 0 Å². The molecule has 1 fully saturated rings. The Hall–Kier alpha value is -3.01. The lowest BCUT2D eigenvalue weighted by molar-refractivity contribution is -0.146. The predicted octanol–water partition coefficient (Wildman–Crippen LogP) is 2.15. The molecular formula is C18H19NO8S. The minimum atomic E-state index is -1.17. The zero-order valence-electron chi connectivity index (χ0n) is 15.3. The number of nitrogens with zero attached hydrogens (tertiary/aromatic N) is 1. The van der Waals surface area contributed by atoms with Crippen molar-refractivity contribution in [1.82, 2.24) is 4.90 Å². The number of aliphatic carboxylic acids is 1. The van der Waals surface area contributed by atoms with Crippen molar-refractivity contribution in [1.29, 1.82) is 0 Å². The van der Waals surface area contributed by atoms with E-state index in [2.05, 4.69) is 0 Å². The van der Waals surface area contributed by atoms with E-state index >= 15 is 0 Å². The Labute approximate surface area is 165 Å². The number of benzene rings is 1. The van der Waals surface area contributed by atoms with Crippen LogP contribution in [-0.4, -0.2) is 59.5 Å². The van der Waals surface area contributed by atoms with E-state index in [1.165, 1.54) is 6.08 Å². The molecule has 2 rings (SSSR count). The highest BCUT2D eigenvalue weighted by Crippen LogP contribution is 2.37. The third kappa shape index (κ3) is 5.26. The van der Waals surface area contributed by atoms with Crippen LogP contribution in [0.15, 0.2) is 23.1 Å².